The molecule has 156 valence electrons. The van der Waals surface area contributed by atoms with Gasteiger partial charge in [0.05, 0.1) is 12.1 Å². The van der Waals surface area contributed by atoms with Crippen LogP contribution in [-0.2, 0) is 22.5 Å². The van der Waals surface area contributed by atoms with Gasteiger partial charge < -0.3 is 19.9 Å². The van der Waals surface area contributed by atoms with Crippen LogP contribution in [-0.4, -0.2) is 47.5 Å². The molecule has 2 amide bonds. The topological polar surface area (TPSA) is 74.4 Å². The first-order valence-corrected chi connectivity index (χ1v) is 9.98. The lowest BCUT2D eigenvalue weighted by atomic mass is 9.82. The summed E-state index contributed by atoms with van der Waals surface area (Å²) in [6.45, 7) is 1.44. The minimum absolute atomic E-state index is 0. The predicted molar refractivity (Wildman–Crippen MR) is 113 cm³/mol. The van der Waals surface area contributed by atoms with Crippen LogP contribution in [0.5, 0.6) is 0 Å². The number of amides is 2. The van der Waals surface area contributed by atoms with Gasteiger partial charge in [-0.1, -0.05) is 24.3 Å². The summed E-state index contributed by atoms with van der Waals surface area (Å²) in [5.74, 6) is -0.0363. The van der Waals surface area contributed by atoms with Gasteiger partial charge in [-0.15, -0.1) is 12.4 Å². The number of H-pyrrole nitrogens is 1. The minimum atomic E-state index is -0.166. The monoisotopic (exact) mass is 417 g/mol. The zero-order valence-electron chi connectivity index (χ0n) is 16.6. The van der Waals surface area contributed by atoms with E-state index < -0.39 is 0 Å². The first kappa shape index (κ1) is 21.4. The van der Waals surface area contributed by atoms with Gasteiger partial charge in [0, 0.05) is 32.3 Å². The normalized spacial score (nSPS) is 23.6. The van der Waals surface area contributed by atoms with Crippen molar-refractivity contribution in [2.45, 2.75) is 44.4 Å². The van der Waals surface area contributed by atoms with Crippen LogP contribution in [0.25, 0.3) is 0 Å². The molecule has 4 rings (SSSR count). The standard InChI is InChI=1S/C22H27N3O3.ClH/c1-28-20-9-8-16(13-19(20)24-21(26)18-7-4-11-23-18)22(27)25-12-10-15-5-2-3-6-17(15)14-25;/h2-7,11,16,19-20,23H,8-10,12-14H2,1H3,(H,24,26);1H/t16-,19+,20+;/m0./s1. The maximum atomic E-state index is 13.2. The fraction of sp³-hybridized carbons (Fsp3) is 0.455. The third-order valence-corrected chi connectivity index (χ3v) is 6.04. The van der Waals surface area contributed by atoms with Crippen LogP contribution < -0.4 is 5.32 Å². The molecule has 0 radical (unpaired) electrons. The molecule has 1 aromatic carbocycles. The smallest absolute Gasteiger partial charge is 0.267 e. The molecule has 2 aromatic rings. The molecular weight excluding hydrogens is 390 g/mol. The average Bonchev–Trinajstić information content (AvgIpc) is 3.28. The Labute approximate surface area is 177 Å². The van der Waals surface area contributed by atoms with E-state index in [2.05, 4.69) is 28.5 Å². The number of aromatic nitrogens is 1. The van der Waals surface area contributed by atoms with Crippen molar-refractivity contribution >= 4 is 24.2 Å². The maximum absolute atomic E-state index is 13.2. The first-order valence-electron chi connectivity index (χ1n) is 9.98. The Morgan fingerprint density at radius 1 is 1.14 bits per heavy atom. The molecule has 2 aliphatic rings. The zero-order valence-corrected chi connectivity index (χ0v) is 17.4. The van der Waals surface area contributed by atoms with E-state index in [-0.39, 0.29) is 42.3 Å². The Balaban J connectivity index is 0.00000240. The maximum Gasteiger partial charge on any atom is 0.267 e. The number of hydrogen-bond donors (Lipinski definition) is 2. The van der Waals surface area contributed by atoms with E-state index in [0.29, 0.717) is 18.7 Å². The molecule has 29 heavy (non-hydrogen) atoms. The molecule has 3 atom stereocenters. The molecular formula is C22H28ClN3O3. The lowest BCUT2D eigenvalue weighted by Crippen LogP contribution is -2.51. The highest BCUT2D eigenvalue weighted by Crippen LogP contribution is 2.30. The molecule has 0 unspecified atom stereocenters. The van der Waals surface area contributed by atoms with E-state index in [1.807, 2.05) is 11.0 Å². The van der Waals surface area contributed by atoms with Crippen LogP contribution in [0.4, 0.5) is 0 Å². The van der Waals surface area contributed by atoms with Crippen LogP contribution in [0.3, 0.4) is 0 Å². The van der Waals surface area contributed by atoms with Gasteiger partial charge in [0.15, 0.2) is 0 Å². The van der Waals surface area contributed by atoms with E-state index in [0.717, 1.165) is 25.8 Å². The number of fused-ring (bicyclic) bond motifs is 1. The predicted octanol–water partition coefficient (Wildman–Crippen LogP) is 2.93. The van der Waals surface area contributed by atoms with E-state index >= 15 is 0 Å². The highest BCUT2D eigenvalue weighted by atomic mass is 35.5. The second-order valence-corrected chi connectivity index (χ2v) is 7.73. The molecule has 2 heterocycles. The van der Waals surface area contributed by atoms with Crippen LogP contribution in [0.1, 0.15) is 40.9 Å². The Kier molecular flexibility index (Phi) is 6.98. The fourth-order valence-corrected chi connectivity index (χ4v) is 4.46. The molecule has 1 aliphatic carbocycles. The second-order valence-electron chi connectivity index (χ2n) is 7.73. The number of carbonyl (C=O) groups excluding carboxylic acids is 2. The Bertz CT molecular complexity index is 840. The van der Waals surface area contributed by atoms with Crippen molar-refractivity contribution in [1.29, 1.82) is 0 Å². The van der Waals surface area contributed by atoms with Gasteiger partial charge in [-0.05, 0) is 48.9 Å². The number of methoxy groups -OCH3 is 1. The number of ether oxygens (including phenoxy) is 1. The summed E-state index contributed by atoms with van der Waals surface area (Å²) in [5, 5.41) is 3.06. The summed E-state index contributed by atoms with van der Waals surface area (Å²) in [5.41, 5.74) is 3.10. The third kappa shape index (κ3) is 4.65. The van der Waals surface area contributed by atoms with Crippen molar-refractivity contribution in [3.8, 4) is 0 Å². The number of rotatable bonds is 4. The second kappa shape index (κ2) is 9.46. The van der Waals surface area contributed by atoms with Crippen molar-refractivity contribution in [3.63, 3.8) is 0 Å². The lowest BCUT2D eigenvalue weighted by molar-refractivity contribution is -0.139. The zero-order chi connectivity index (χ0) is 19.5. The van der Waals surface area contributed by atoms with Crippen LogP contribution in [0, 0.1) is 5.92 Å². The van der Waals surface area contributed by atoms with Gasteiger partial charge >= 0.3 is 0 Å². The van der Waals surface area contributed by atoms with Crippen LogP contribution >= 0.6 is 12.4 Å². The Morgan fingerprint density at radius 3 is 2.66 bits per heavy atom. The quantitative estimate of drug-likeness (QED) is 0.803. The first-order chi connectivity index (χ1) is 13.7. The molecule has 1 fully saturated rings. The van der Waals surface area contributed by atoms with Crippen molar-refractivity contribution in [1.82, 2.24) is 15.2 Å². The third-order valence-electron chi connectivity index (χ3n) is 6.04. The highest BCUT2D eigenvalue weighted by molar-refractivity contribution is 5.92. The lowest BCUT2D eigenvalue weighted by Gasteiger charge is -2.38. The number of benzene rings is 1. The van der Waals surface area contributed by atoms with E-state index in [4.69, 9.17) is 4.74 Å². The van der Waals surface area contributed by atoms with E-state index in [1.54, 1.807) is 25.4 Å². The molecule has 1 aromatic heterocycles. The Morgan fingerprint density at radius 2 is 1.93 bits per heavy atom. The van der Waals surface area contributed by atoms with Crippen molar-refractivity contribution < 1.29 is 14.3 Å². The average molecular weight is 418 g/mol. The number of nitrogens with one attached hydrogen (secondary N) is 2. The van der Waals surface area contributed by atoms with Gasteiger partial charge in [-0.3, -0.25) is 9.59 Å². The summed E-state index contributed by atoms with van der Waals surface area (Å²) in [6.07, 6.45) is 4.75. The molecule has 1 saturated carbocycles. The van der Waals surface area contributed by atoms with Gasteiger partial charge in [0.2, 0.25) is 5.91 Å². The summed E-state index contributed by atoms with van der Waals surface area (Å²) in [6, 6.07) is 11.7. The molecule has 0 saturated heterocycles. The van der Waals surface area contributed by atoms with Crippen molar-refractivity contribution in [3.05, 3.63) is 59.4 Å². The summed E-state index contributed by atoms with van der Waals surface area (Å²) >= 11 is 0. The van der Waals surface area contributed by atoms with Gasteiger partial charge in [0.1, 0.15) is 5.69 Å². The summed E-state index contributed by atoms with van der Waals surface area (Å²) in [7, 11) is 1.67. The minimum Gasteiger partial charge on any atom is -0.379 e. The van der Waals surface area contributed by atoms with Gasteiger partial charge in [0.25, 0.3) is 5.91 Å². The van der Waals surface area contributed by atoms with Crippen LogP contribution in [0.2, 0.25) is 0 Å². The fourth-order valence-electron chi connectivity index (χ4n) is 4.46. The molecule has 1 aliphatic heterocycles. The highest BCUT2D eigenvalue weighted by Gasteiger charge is 2.37. The number of nitrogens with zero attached hydrogens (tertiary/aromatic N) is 1. The summed E-state index contributed by atoms with van der Waals surface area (Å²) < 4.78 is 5.59. The number of carbonyl (C=O) groups is 2. The molecule has 0 bridgehead atoms. The van der Waals surface area contributed by atoms with Gasteiger partial charge in [-0.2, -0.15) is 0 Å². The molecule has 7 heteroatoms. The summed E-state index contributed by atoms with van der Waals surface area (Å²) in [4.78, 5) is 30.5. The number of halogens is 1. The van der Waals surface area contributed by atoms with Crippen molar-refractivity contribution in [2.75, 3.05) is 13.7 Å². The number of aromatic amines is 1. The molecule has 6 nitrogen and oxygen atoms in total. The van der Waals surface area contributed by atoms with E-state index in [9.17, 15) is 9.59 Å². The van der Waals surface area contributed by atoms with Gasteiger partial charge in [-0.25, -0.2) is 0 Å². The van der Waals surface area contributed by atoms with E-state index in [1.165, 1.54) is 11.1 Å². The largest absolute Gasteiger partial charge is 0.379 e. The SMILES string of the molecule is CO[C@@H]1CC[C@H](C(=O)N2CCc3ccccc3C2)C[C@H]1NC(=O)c1ccc[nH]1.Cl. The molecule has 2 N–H and O–H groups in total. The number of hydrogen-bond acceptors (Lipinski definition) is 3. The van der Waals surface area contributed by atoms with Crippen LogP contribution in [0.15, 0.2) is 42.6 Å². The molecule has 0 spiro atoms. The Hall–Kier alpha value is -2.31. The van der Waals surface area contributed by atoms with Crippen molar-refractivity contribution in [2.24, 2.45) is 5.92 Å².